The monoisotopic (exact) mass is 374 g/mol. The van der Waals surface area contributed by atoms with Gasteiger partial charge in [0, 0.05) is 31.1 Å². The average molecular weight is 375 g/mol. The molecule has 0 aromatic heterocycles. The van der Waals surface area contributed by atoms with E-state index in [2.05, 4.69) is 20.8 Å². The van der Waals surface area contributed by atoms with Crippen molar-refractivity contribution in [1.82, 2.24) is 0 Å². The van der Waals surface area contributed by atoms with Gasteiger partial charge >= 0.3 is 0 Å². The van der Waals surface area contributed by atoms with Gasteiger partial charge in [-0.2, -0.15) is 0 Å². The summed E-state index contributed by atoms with van der Waals surface area (Å²) in [5.74, 6) is 2.33. The van der Waals surface area contributed by atoms with Crippen molar-refractivity contribution in [3.8, 4) is 0 Å². The minimum Gasteiger partial charge on any atom is -0.348 e. The van der Waals surface area contributed by atoms with Gasteiger partial charge in [0.25, 0.3) is 0 Å². The van der Waals surface area contributed by atoms with E-state index in [0.717, 1.165) is 25.7 Å². The molecule has 1 heterocycles. The quantitative estimate of drug-likeness (QED) is 0.692. The molecule has 0 N–H and O–H groups in total. The normalized spacial score (nSPS) is 51.6. The third-order valence-electron chi connectivity index (χ3n) is 9.66. The van der Waals surface area contributed by atoms with Crippen LogP contribution in [0.2, 0.25) is 0 Å². The number of carbonyl (C=O) groups excluding carboxylic acids is 2. The molecule has 1 saturated heterocycles. The van der Waals surface area contributed by atoms with Gasteiger partial charge < -0.3 is 9.47 Å². The van der Waals surface area contributed by atoms with E-state index in [1.807, 2.05) is 0 Å². The van der Waals surface area contributed by atoms with Crippen molar-refractivity contribution >= 4 is 11.6 Å². The maximum Gasteiger partial charge on any atom is 0.169 e. The first-order chi connectivity index (χ1) is 12.8. The van der Waals surface area contributed by atoms with Crippen LogP contribution in [0.5, 0.6) is 0 Å². The van der Waals surface area contributed by atoms with Crippen LogP contribution in [-0.4, -0.2) is 30.6 Å². The SMILES string of the molecule is CC1([C@H]2CC[C@H]3[C@@H]4CC[C@H]5CC(=O)CC[C@]5(C)[C@H]4C(=O)C[C@]23C)OCCO1. The van der Waals surface area contributed by atoms with Gasteiger partial charge in [-0.3, -0.25) is 9.59 Å². The lowest BCUT2D eigenvalue weighted by atomic mass is 9.44. The number of hydrogen-bond acceptors (Lipinski definition) is 4. The van der Waals surface area contributed by atoms with Gasteiger partial charge in [0.05, 0.1) is 13.2 Å². The number of rotatable bonds is 1. The van der Waals surface area contributed by atoms with Crippen molar-refractivity contribution in [3.05, 3.63) is 0 Å². The molecule has 1 aliphatic heterocycles. The molecule has 7 atom stereocenters. The standard InChI is InChI=1S/C23H34O4/c1-21-9-8-15(24)12-14(21)4-5-16-17-6-7-19(23(3)26-10-11-27-23)22(17,2)13-18(25)20(16)21/h14,16-17,19-20H,4-13H2,1-3H3/t14-,16-,17-,19-,20+,21-,22-/m0/s1. The second-order valence-corrected chi connectivity index (χ2v) is 10.8. The number of hydrogen-bond donors (Lipinski definition) is 0. The molecule has 4 aliphatic carbocycles. The number of carbonyl (C=O) groups is 2. The Hall–Kier alpha value is -0.740. The Bertz CT molecular complexity index is 665. The highest BCUT2D eigenvalue weighted by atomic mass is 16.7. The summed E-state index contributed by atoms with van der Waals surface area (Å²) in [6, 6.07) is 0. The highest BCUT2D eigenvalue weighted by Gasteiger charge is 2.66. The molecular weight excluding hydrogens is 340 g/mol. The van der Waals surface area contributed by atoms with Gasteiger partial charge in [-0.05, 0) is 67.6 Å². The predicted molar refractivity (Wildman–Crippen MR) is 101 cm³/mol. The van der Waals surface area contributed by atoms with Crippen molar-refractivity contribution in [2.24, 2.45) is 40.4 Å². The van der Waals surface area contributed by atoms with Gasteiger partial charge in [-0.15, -0.1) is 0 Å². The van der Waals surface area contributed by atoms with E-state index in [9.17, 15) is 9.59 Å². The highest BCUT2D eigenvalue weighted by molar-refractivity contribution is 5.85. The second-order valence-electron chi connectivity index (χ2n) is 10.8. The third kappa shape index (κ3) is 2.41. The topological polar surface area (TPSA) is 52.6 Å². The van der Waals surface area contributed by atoms with Gasteiger partial charge in [0.2, 0.25) is 0 Å². The van der Waals surface area contributed by atoms with Gasteiger partial charge in [0.1, 0.15) is 11.6 Å². The summed E-state index contributed by atoms with van der Waals surface area (Å²) in [4.78, 5) is 25.7. The summed E-state index contributed by atoms with van der Waals surface area (Å²) in [7, 11) is 0. The zero-order valence-electron chi connectivity index (χ0n) is 17.1. The second kappa shape index (κ2) is 5.89. The Morgan fingerprint density at radius 1 is 0.926 bits per heavy atom. The molecule has 5 fully saturated rings. The lowest BCUT2D eigenvalue weighted by Gasteiger charge is -2.59. The van der Waals surface area contributed by atoms with Crippen LogP contribution in [-0.2, 0) is 19.1 Å². The third-order valence-corrected chi connectivity index (χ3v) is 9.66. The van der Waals surface area contributed by atoms with Crippen molar-refractivity contribution in [2.75, 3.05) is 13.2 Å². The molecule has 27 heavy (non-hydrogen) atoms. The zero-order chi connectivity index (χ0) is 19.0. The van der Waals surface area contributed by atoms with E-state index in [-0.39, 0.29) is 16.7 Å². The summed E-state index contributed by atoms with van der Waals surface area (Å²) in [6.45, 7) is 8.11. The number of Topliss-reactive ketones (excluding diaryl/α,β-unsaturated/α-hetero) is 2. The highest BCUT2D eigenvalue weighted by Crippen LogP contribution is 2.67. The molecule has 0 unspecified atom stereocenters. The lowest BCUT2D eigenvalue weighted by molar-refractivity contribution is -0.216. The molecule has 4 heteroatoms. The molecule has 0 bridgehead atoms. The number of ether oxygens (including phenoxy) is 2. The fourth-order valence-corrected chi connectivity index (χ4v) is 8.45. The lowest BCUT2D eigenvalue weighted by Crippen LogP contribution is -2.58. The first-order valence-electron chi connectivity index (χ1n) is 11.1. The van der Waals surface area contributed by atoms with Crippen LogP contribution in [0, 0.1) is 40.4 Å². The van der Waals surface area contributed by atoms with Crippen molar-refractivity contribution < 1.29 is 19.1 Å². The van der Waals surface area contributed by atoms with Crippen LogP contribution >= 0.6 is 0 Å². The minimum absolute atomic E-state index is 0.00891. The Kier molecular flexibility index (Phi) is 3.99. The maximum absolute atomic E-state index is 13.6. The van der Waals surface area contributed by atoms with E-state index in [0.29, 0.717) is 67.7 Å². The van der Waals surface area contributed by atoms with Crippen molar-refractivity contribution in [1.29, 1.82) is 0 Å². The number of fused-ring (bicyclic) bond motifs is 5. The summed E-state index contributed by atoms with van der Waals surface area (Å²) in [6.07, 6.45) is 7.51. The Morgan fingerprint density at radius 2 is 1.67 bits per heavy atom. The summed E-state index contributed by atoms with van der Waals surface area (Å²) >= 11 is 0. The van der Waals surface area contributed by atoms with Crippen molar-refractivity contribution in [3.63, 3.8) is 0 Å². The minimum atomic E-state index is -0.519. The Balaban J connectivity index is 1.48. The van der Waals surface area contributed by atoms with Gasteiger partial charge in [-0.25, -0.2) is 0 Å². The van der Waals surface area contributed by atoms with E-state index in [1.165, 1.54) is 6.42 Å². The summed E-state index contributed by atoms with van der Waals surface area (Å²) in [5.41, 5.74) is 0.0304. The van der Waals surface area contributed by atoms with E-state index in [1.54, 1.807) is 0 Å². The largest absolute Gasteiger partial charge is 0.348 e. The summed E-state index contributed by atoms with van der Waals surface area (Å²) < 4.78 is 12.1. The van der Waals surface area contributed by atoms with Gasteiger partial charge in [0.15, 0.2) is 5.79 Å². The summed E-state index contributed by atoms with van der Waals surface area (Å²) in [5, 5.41) is 0. The number of ketones is 2. The van der Waals surface area contributed by atoms with Crippen LogP contribution in [0.25, 0.3) is 0 Å². The molecule has 4 saturated carbocycles. The Morgan fingerprint density at radius 3 is 2.41 bits per heavy atom. The molecule has 0 aromatic rings. The van der Waals surface area contributed by atoms with Crippen molar-refractivity contribution in [2.45, 2.75) is 77.9 Å². The molecule has 4 nitrogen and oxygen atoms in total. The van der Waals surface area contributed by atoms with Crippen LogP contribution in [0.4, 0.5) is 0 Å². The Labute approximate surface area is 162 Å². The fraction of sp³-hybridized carbons (Fsp3) is 0.913. The van der Waals surface area contributed by atoms with Crippen LogP contribution < -0.4 is 0 Å². The fourth-order valence-electron chi connectivity index (χ4n) is 8.45. The molecule has 5 aliphatic rings. The van der Waals surface area contributed by atoms with Crippen LogP contribution in [0.3, 0.4) is 0 Å². The average Bonchev–Trinajstić information content (AvgIpc) is 3.19. The van der Waals surface area contributed by atoms with Crippen LogP contribution in [0.1, 0.15) is 72.1 Å². The predicted octanol–water partition coefficient (Wildman–Crippen LogP) is 4.16. The molecule has 0 radical (unpaired) electrons. The molecule has 150 valence electrons. The van der Waals surface area contributed by atoms with Crippen LogP contribution in [0.15, 0.2) is 0 Å². The molecule has 0 aromatic carbocycles. The first kappa shape index (κ1) is 18.3. The smallest absolute Gasteiger partial charge is 0.169 e. The van der Waals surface area contributed by atoms with E-state index >= 15 is 0 Å². The first-order valence-corrected chi connectivity index (χ1v) is 11.1. The zero-order valence-corrected chi connectivity index (χ0v) is 17.1. The molecule has 0 spiro atoms. The molecule has 0 amide bonds. The maximum atomic E-state index is 13.6. The van der Waals surface area contributed by atoms with Gasteiger partial charge in [-0.1, -0.05) is 13.8 Å². The molecule has 5 rings (SSSR count). The van der Waals surface area contributed by atoms with E-state index < -0.39 is 5.79 Å². The van der Waals surface area contributed by atoms with E-state index in [4.69, 9.17) is 9.47 Å². The molecular formula is C23H34O4.